The van der Waals surface area contributed by atoms with E-state index in [0.29, 0.717) is 0 Å². The molecule has 0 radical (unpaired) electrons. The van der Waals surface area contributed by atoms with Crippen LogP contribution in [0.2, 0.25) is 0 Å². The third-order valence-corrected chi connectivity index (χ3v) is 4.62. The SMILES string of the molecule is CC(CS(C)(=O)=O)Nc1ccc2c(c1)nc(C(C)(C)C)n2C. The van der Waals surface area contributed by atoms with Crippen LogP contribution in [0.15, 0.2) is 18.2 Å². The lowest BCUT2D eigenvalue weighted by molar-refractivity contribution is 0.526. The fraction of sp³-hybridized carbons (Fsp3) is 0.562. The Morgan fingerprint density at radius 3 is 2.50 bits per heavy atom. The van der Waals surface area contributed by atoms with Crippen molar-refractivity contribution in [3.05, 3.63) is 24.0 Å². The van der Waals surface area contributed by atoms with Gasteiger partial charge in [-0.15, -0.1) is 0 Å². The van der Waals surface area contributed by atoms with Crippen molar-refractivity contribution in [2.45, 2.75) is 39.2 Å². The second-order valence-corrected chi connectivity index (χ2v) is 9.27. The summed E-state index contributed by atoms with van der Waals surface area (Å²) in [6.45, 7) is 8.29. The molecule has 1 aromatic carbocycles. The van der Waals surface area contributed by atoms with Crippen molar-refractivity contribution in [1.82, 2.24) is 9.55 Å². The lowest BCUT2D eigenvalue weighted by atomic mass is 9.96. The van der Waals surface area contributed by atoms with Crippen LogP contribution in [0, 0.1) is 0 Å². The molecule has 1 aromatic heterocycles. The summed E-state index contributed by atoms with van der Waals surface area (Å²) in [5.74, 6) is 1.14. The van der Waals surface area contributed by atoms with Gasteiger partial charge in [0.2, 0.25) is 0 Å². The monoisotopic (exact) mass is 323 g/mol. The van der Waals surface area contributed by atoms with Gasteiger partial charge in [-0.05, 0) is 25.1 Å². The van der Waals surface area contributed by atoms with Gasteiger partial charge in [0.05, 0.1) is 16.8 Å². The molecule has 6 heteroatoms. The molecule has 1 atom stereocenters. The Hall–Kier alpha value is -1.56. The molecular weight excluding hydrogens is 298 g/mol. The van der Waals surface area contributed by atoms with Crippen LogP contribution in [0.3, 0.4) is 0 Å². The zero-order valence-corrected chi connectivity index (χ0v) is 15.0. The van der Waals surface area contributed by atoms with Gasteiger partial charge in [0.25, 0.3) is 0 Å². The number of imidazole rings is 1. The zero-order chi connectivity index (χ0) is 16.7. The first-order valence-corrected chi connectivity index (χ1v) is 9.44. The number of aromatic nitrogens is 2. The Morgan fingerprint density at radius 1 is 1.32 bits per heavy atom. The second-order valence-electron chi connectivity index (χ2n) is 7.09. The summed E-state index contributed by atoms with van der Waals surface area (Å²) < 4.78 is 24.8. The Morgan fingerprint density at radius 2 is 1.95 bits per heavy atom. The van der Waals surface area contributed by atoms with Crippen LogP contribution in [0.4, 0.5) is 5.69 Å². The first kappa shape index (κ1) is 16.8. The van der Waals surface area contributed by atoms with Gasteiger partial charge < -0.3 is 9.88 Å². The fourth-order valence-electron chi connectivity index (χ4n) is 2.74. The summed E-state index contributed by atoms with van der Waals surface area (Å²) in [6.07, 6.45) is 1.25. The fourth-order valence-corrected chi connectivity index (χ4v) is 3.73. The summed E-state index contributed by atoms with van der Waals surface area (Å²) in [7, 11) is -0.967. The number of anilines is 1. The molecule has 0 saturated heterocycles. The molecule has 1 heterocycles. The maximum atomic E-state index is 11.3. The standard InChI is InChI=1S/C16H25N3O2S/c1-11(10-22(6,20)21)17-12-7-8-14-13(9-12)18-15(19(14)5)16(2,3)4/h7-9,11,17H,10H2,1-6H3. The number of aryl methyl sites for hydroxylation is 1. The summed E-state index contributed by atoms with van der Waals surface area (Å²) >= 11 is 0. The van der Waals surface area contributed by atoms with Crippen LogP contribution in [0.25, 0.3) is 11.0 Å². The number of hydrogen-bond acceptors (Lipinski definition) is 4. The highest BCUT2D eigenvalue weighted by Gasteiger charge is 2.21. The maximum Gasteiger partial charge on any atom is 0.149 e. The van der Waals surface area contributed by atoms with E-state index in [1.54, 1.807) is 0 Å². The zero-order valence-electron chi connectivity index (χ0n) is 14.1. The van der Waals surface area contributed by atoms with Gasteiger partial charge in [-0.2, -0.15) is 0 Å². The molecule has 0 fully saturated rings. The molecule has 0 amide bonds. The number of nitrogens with zero attached hydrogens (tertiary/aromatic N) is 2. The van der Waals surface area contributed by atoms with Gasteiger partial charge in [-0.1, -0.05) is 20.8 Å². The number of nitrogens with one attached hydrogen (secondary N) is 1. The molecule has 2 rings (SSSR count). The molecule has 5 nitrogen and oxygen atoms in total. The summed E-state index contributed by atoms with van der Waals surface area (Å²) in [5.41, 5.74) is 2.86. The molecule has 0 aliphatic rings. The topological polar surface area (TPSA) is 64.0 Å². The number of benzene rings is 1. The lowest BCUT2D eigenvalue weighted by Gasteiger charge is -2.17. The Labute approximate surface area is 132 Å². The van der Waals surface area contributed by atoms with E-state index in [4.69, 9.17) is 4.98 Å². The highest BCUT2D eigenvalue weighted by atomic mass is 32.2. The Balaban J connectivity index is 2.31. The third-order valence-electron chi connectivity index (χ3n) is 3.52. The highest BCUT2D eigenvalue weighted by molar-refractivity contribution is 7.90. The van der Waals surface area contributed by atoms with E-state index in [2.05, 4.69) is 30.7 Å². The minimum atomic E-state index is -2.99. The van der Waals surface area contributed by atoms with Crippen molar-refractivity contribution in [3.8, 4) is 0 Å². The molecule has 122 valence electrons. The van der Waals surface area contributed by atoms with E-state index in [0.717, 1.165) is 22.5 Å². The van der Waals surface area contributed by atoms with Gasteiger partial charge in [0, 0.05) is 30.4 Å². The van der Waals surface area contributed by atoms with E-state index >= 15 is 0 Å². The van der Waals surface area contributed by atoms with Crippen LogP contribution in [0.5, 0.6) is 0 Å². The normalized spacial score (nSPS) is 14.3. The number of fused-ring (bicyclic) bond motifs is 1. The van der Waals surface area contributed by atoms with Crippen molar-refractivity contribution in [2.24, 2.45) is 7.05 Å². The predicted octanol–water partition coefficient (Wildman–Crippen LogP) is 2.72. The van der Waals surface area contributed by atoms with E-state index < -0.39 is 9.84 Å². The molecular formula is C16H25N3O2S. The van der Waals surface area contributed by atoms with Gasteiger partial charge in [0.1, 0.15) is 15.7 Å². The second kappa shape index (κ2) is 5.57. The van der Waals surface area contributed by atoms with Crippen molar-refractivity contribution in [3.63, 3.8) is 0 Å². The number of rotatable bonds is 4. The first-order chi connectivity index (χ1) is 9.97. The van der Waals surface area contributed by atoms with Crippen LogP contribution < -0.4 is 5.32 Å². The van der Waals surface area contributed by atoms with Gasteiger partial charge in [-0.25, -0.2) is 13.4 Å². The molecule has 1 unspecified atom stereocenters. The molecule has 0 aliphatic heterocycles. The number of hydrogen-bond donors (Lipinski definition) is 1. The minimum Gasteiger partial charge on any atom is -0.382 e. The van der Waals surface area contributed by atoms with E-state index in [9.17, 15) is 8.42 Å². The van der Waals surface area contributed by atoms with Gasteiger partial charge in [0.15, 0.2) is 0 Å². The molecule has 0 bridgehead atoms. The minimum absolute atomic E-state index is 0.0229. The Bertz CT molecular complexity index is 786. The largest absolute Gasteiger partial charge is 0.382 e. The van der Waals surface area contributed by atoms with E-state index in [1.165, 1.54) is 6.26 Å². The van der Waals surface area contributed by atoms with Gasteiger partial charge >= 0.3 is 0 Å². The van der Waals surface area contributed by atoms with Crippen molar-refractivity contribution in [1.29, 1.82) is 0 Å². The molecule has 0 spiro atoms. The van der Waals surface area contributed by atoms with E-state index in [-0.39, 0.29) is 17.2 Å². The van der Waals surface area contributed by atoms with Gasteiger partial charge in [-0.3, -0.25) is 0 Å². The average Bonchev–Trinajstić information content (AvgIpc) is 2.63. The first-order valence-electron chi connectivity index (χ1n) is 7.38. The molecule has 0 aliphatic carbocycles. The predicted molar refractivity (Wildman–Crippen MR) is 92.2 cm³/mol. The van der Waals surface area contributed by atoms with Crippen molar-refractivity contribution in [2.75, 3.05) is 17.3 Å². The smallest absolute Gasteiger partial charge is 0.149 e. The average molecular weight is 323 g/mol. The summed E-state index contributed by atoms with van der Waals surface area (Å²) in [6, 6.07) is 5.82. The van der Waals surface area contributed by atoms with Crippen LogP contribution in [-0.4, -0.2) is 36.0 Å². The number of sulfone groups is 1. The third kappa shape index (κ3) is 3.80. The quantitative estimate of drug-likeness (QED) is 0.939. The molecule has 2 aromatic rings. The van der Waals surface area contributed by atoms with Crippen molar-refractivity contribution < 1.29 is 8.42 Å². The highest BCUT2D eigenvalue weighted by Crippen LogP contribution is 2.27. The summed E-state index contributed by atoms with van der Waals surface area (Å²) in [4.78, 5) is 4.73. The molecule has 22 heavy (non-hydrogen) atoms. The molecule has 1 N–H and O–H groups in total. The van der Waals surface area contributed by atoms with Crippen LogP contribution in [-0.2, 0) is 22.3 Å². The van der Waals surface area contributed by atoms with Crippen LogP contribution >= 0.6 is 0 Å². The summed E-state index contributed by atoms with van der Waals surface area (Å²) in [5, 5.41) is 3.23. The maximum absolute atomic E-state index is 11.3. The van der Waals surface area contributed by atoms with Crippen LogP contribution in [0.1, 0.15) is 33.5 Å². The molecule has 0 saturated carbocycles. The Kier molecular flexibility index (Phi) is 4.26. The van der Waals surface area contributed by atoms with E-state index in [1.807, 2.05) is 32.2 Å². The van der Waals surface area contributed by atoms with Crippen molar-refractivity contribution >= 4 is 26.6 Å². The lowest BCUT2D eigenvalue weighted by Crippen LogP contribution is -2.24.